The summed E-state index contributed by atoms with van der Waals surface area (Å²) in [6.45, 7) is 3.80. The molecule has 6 heteroatoms. The van der Waals surface area contributed by atoms with Crippen LogP contribution in [0.15, 0.2) is 0 Å². The molecule has 0 spiro atoms. The van der Waals surface area contributed by atoms with E-state index in [-0.39, 0.29) is 12.3 Å². The van der Waals surface area contributed by atoms with Gasteiger partial charge in [-0.3, -0.25) is 0 Å². The van der Waals surface area contributed by atoms with E-state index >= 15 is 0 Å². The van der Waals surface area contributed by atoms with Gasteiger partial charge in [0.05, 0.1) is 5.75 Å². The third-order valence-corrected chi connectivity index (χ3v) is 4.66. The highest BCUT2D eigenvalue weighted by atomic mass is 32.2. The zero-order valence-electron chi connectivity index (χ0n) is 9.35. The van der Waals surface area contributed by atoms with Crippen LogP contribution in [0.2, 0.25) is 0 Å². The number of rotatable bonds is 6. The molecule has 0 amide bonds. The fraction of sp³-hybridized carbons (Fsp3) is 1.00. The lowest BCUT2D eigenvalue weighted by Gasteiger charge is -2.20. The second-order valence-corrected chi connectivity index (χ2v) is 6.17. The third-order valence-electron chi connectivity index (χ3n) is 2.78. The molecule has 1 aliphatic rings. The molecule has 1 aliphatic heterocycles. The quantitative estimate of drug-likeness (QED) is 0.661. The Labute approximate surface area is 92.3 Å². The van der Waals surface area contributed by atoms with Crippen molar-refractivity contribution >= 4 is 10.0 Å². The van der Waals surface area contributed by atoms with Gasteiger partial charge in [-0.25, -0.2) is 12.7 Å². The van der Waals surface area contributed by atoms with E-state index in [1.807, 2.05) is 0 Å². The van der Waals surface area contributed by atoms with Gasteiger partial charge in [0.25, 0.3) is 0 Å². The predicted molar refractivity (Wildman–Crippen MR) is 61.1 cm³/mol. The smallest absolute Gasteiger partial charge is 0.215 e. The van der Waals surface area contributed by atoms with Crippen molar-refractivity contribution < 1.29 is 8.42 Å². The highest BCUT2D eigenvalue weighted by molar-refractivity contribution is 7.89. The topological polar surface area (TPSA) is 66.6 Å². The van der Waals surface area contributed by atoms with Crippen LogP contribution in [-0.4, -0.2) is 63.1 Å². The first kappa shape index (κ1) is 12.9. The largest absolute Gasteiger partial charge is 0.329 e. The standard InChI is InChI=1S/C9H21N3O2S/c1-11(15(13,14)9-4-10)7-8-12-5-2-3-6-12/h2-10H2,1H3. The summed E-state index contributed by atoms with van der Waals surface area (Å²) in [4.78, 5) is 2.30. The second-order valence-electron chi connectivity index (χ2n) is 3.97. The fourth-order valence-electron chi connectivity index (χ4n) is 1.73. The highest BCUT2D eigenvalue weighted by Crippen LogP contribution is 2.07. The Morgan fingerprint density at radius 2 is 1.93 bits per heavy atom. The number of nitrogens with two attached hydrogens (primary N) is 1. The Bertz CT molecular complexity index is 273. The summed E-state index contributed by atoms with van der Waals surface area (Å²) in [5.74, 6) is 0.0451. The minimum absolute atomic E-state index is 0.0451. The molecule has 1 fully saturated rings. The van der Waals surface area contributed by atoms with Gasteiger partial charge in [0.2, 0.25) is 10.0 Å². The maximum absolute atomic E-state index is 11.6. The third kappa shape index (κ3) is 4.06. The van der Waals surface area contributed by atoms with Crippen LogP contribution in [0.3, 0.4) is 0 Å². The van der Waals surface area contributed by atoms with Crippen molar-refractivity contribution in [2.75, 3.05) is 45.5 Å². The van der Waals surface area contributed by atoms with Crippen molar-refractivity contribution in [3.63, 3.8) is 0 Å². The lowest BCUT2D eigenvalue weighted by atomic mass is 10.4. The van der Waals surface area contributed by atoms with Crippen LogP contribution in [-0.2, 0) is 10.0 Å². The first-order valence-corrected chi connectivity index (χ1v) is 7.03. The van der Waals surface area contributed by atoms with E-state index in [1.54, 1.807) is 7.05 Å². The van der Waals surface area contributed by atoms with Crippen LogP contribution < -0.4 is 5.73 Å². The molecule has 0 saturated carbocycles. The fourth-order valence-corrected chi connectivity index (χ4v) is 2.70. The molecule has 1 saturated heterocycles. The van der Waals surface area contributed by atoms with Crippen LogP contribution >= 0.6 is 0 Å². The Morgan fingerprint density at radius 3 is 2.47 bits per heavy atom. The number of nitrogens with zero attached hydrogens (tertiary/aromatic N) is 2. The van der Waals surface area contributed by atoms with Gasteiger partial charge in [0.15, 0.2) is 0 Å². The van der Waals surface area contributed by atoms with Gasteiger partial charge in [-0.1, -0.05) is 0 Å². The van der Waals surface area contributed by atoms with Crippen molar-refractivity contribution in [2.45, 2.75) is 12.8 Å². The first-order valence-electron chi connectivity index (χ1n) is 5.42. The van der Waals surface area contributed by atoms with Gasteiger partial charge in [0.1, 0.15) is 0 Å². The van der Waals surface area contributed by atoms with Gasteiger partial charge in [-0.15, -0.1) is 0 Å². The van der Waals surface area contributed by atoms with E-state index in [0.717, 1.165) is 19.6 Å². The minimum Gasteiger partial charge on any atom is -0.329 e. The van der Waals surface area contributed by atoms with E-state index in [9.17, 15) is 8.42 Å². The summed E-state index contributed by atoms with van der Waals surface area (Å²) in [6.07, 6.45) is 2.47. The maximum Gasteiger partial charge on any atom is 0.215 e. The SMILES string of the molecule is CN(CCN1CCCC1)S(=O)(=O)CCN. The molecule has 90 valence electrons. The molecular weight excluding hydrogens is 214 g/mol. The zero-order chi connectivity index (χ0) is 11.3. The van der Waals surface area contributed by atoms with Gasteiger partial charge in [-0.2, -0.15) is 0 Å². The van der Waals surface area contributed by atoms with Crippen molar-refractivity contribution in [1.82, 2.24) is 9.21 Å². The van der Waals surface area contributed by atoms with Crippen LogP contribution in [0.4, 0.5) is 0 Å². The summed E-state index contributed by atoms with van der Waals surface area (Å²) in [6, 6.07) is 0. The molecule has 0 aromatic heterocycles. The van der Waals surface area contributed by atoms with E-state index < -0.39 is 10.0 Å². The van der Waals surface area contributed by atoms with Gasteiger partial charge >= 0.3 is 0 Å². The normalized spacial score (nSPS) is 18.9. The summed E-state index contributed by atoms with van der Waals surface area (Å²) in [5.41, 5.74) is 5.25. The summed E-state index contributed by atoms with van der Waals surface area (Å²) in [5, 5.41) is 0. The molecular formula is C9H21N3O2S. The minimum atomic E-state index is -3.12. The lowest BCUT2D eigenvalue weighted by Crippen LogP contribution is -2.37. The van der Waals surface area contributed by atoms with E-state index in [0.29, 0.717) is 6.54 Å². The molecule has 0 aromatic rings. The molecule has 0 bridgehead atoms. The molecule has 1 rings (SSSR count). The molecule has 0 aliphatic carbocycles. The predicted octanol–water partition coefficient (Wildman–Crippen LogP) is -0.697. The molecule has 0 radical (unpaired) electrons. The molecule has 0 aromatic carbocycles. The molecule has 15 heavy (non-hydrogen) atoms. The maximum atomic E-state index is 11.6. The van der Waals surface area contributed by atoms with Crippen LogP contribution in [0, 0.1) is 0 Å². The molecule has 5 nitrogen and oxygen atoms in total. The van der Waals surface area contributed by atoms with Crippen molar-refractivity contribution in [3.8, 4) is 0 Å². The van der Waals surface area contributed by atoms with Gasteiger partial charge < -0.3 is 10.6 Å². The first-order chi connectivity index (χ1) is 7.06. The number of likely N-dealkylation sites (tertiary alicyclic amines) is 1. The molecule has 2 N–H and O–H groups in total. The highest BCUT2D eigenvalue weighted by Gasteiger charge is 2.18. The molecule has 0 atom stereocenters. The van der Waals surface area contributed by atoms with Crippen molar-refractivity contribution in [3.05, 3.63) is 0 Å². The summed E-state index contributed by atoms with van der Waals surface area (Å²) in [7, 11) is -1.49. The van der Waals surface area contributed by atoms with Crippen LogP contribution in [0.25, 0.3) is 0 Å². The number of hydrogen-bond acceptors (Lipinski definition) is 4. The van der Waals surface area contributed by atoms with Crippen LogP contribution in [0.1, 0.15) is 12.8 Å². The van der Waals surface area contributed by atoms with Crippen molar-refractivity contribution in [1.29, 1.82) is 0 Å². The lowest BCUT2D eigenvalue weighted by molar-refractivity contribution is 0.310. The van der Waals surface area contributed by atoms with Crippen molar-refractivity contribution in [2.24, 2.45) is 5.73 Å². The van der Waals surface area contributed by atoms with Gasteiger partial charge in [-0.05, 0) is 25.9 Å². The second kappa shape index (κ2) is 5.79. The average Bonchev–Trinajstić information content (AvgIpc) is 2.66. The van der Waals surface area contributed by atoms with Crippen LogP contribution in [0.5, 0.6) is 0 Å². The Morgan fingerprint density at radius 1 is 1.33 bits per heavy atom. The monoisotopic (exact) mass is 235 g/mol. The average molecular weight is 235 g/mol. The zero-order valence-corrected chi connectivity index (χ0v) is 10.2. The summed E-state index contributed by atoms with van der Waals surface area (Å²) >= 11 is 0. The number of hydrogen-bond donors (Lipinski definition) is 1. The summed E-state index contributed by atoms with van der Waals surface area (Å²) < 4.78 is 24.5. The van der Waals surface area contributed by atoms with Gasteiger partial charge in [0, 0.05) is 26.7 Å². The Hall–Kier alpha value is -0.170. The molecule has 1 heterocycles. The van der Waals surface area contributed by atoms with E-state index in [4.69, 9.17) is 5.73 Å². The molecule has 0 unspecified atom stereocenters. The van der Waals surface area contributed by atoms with E-state index in [1.165, 1.54) is 17.1 Å². The number of likely N-dealkylation sites (N-methyl/N-ethyl adjacent to an activating group) is 1. The Balaban J connectivity index is 2.31. The van der Waals surface area contributed by atoms with E-state index in [2.05, 4.69) is 4.90 Å². The number of sulfonamides is 1. The Kier molecular flexibility index (Phi) is 4.98.